The Kier molecular flexibility index (Phi) is 14.0. The summed E-state index contributed by atoms with van der Waals surface area (Å²) >= 11 is 1.80. The van der Waals surface area contributed by atoms with E-state index in [0.717, 1.165) is 0 Å². The van der Waals surface area contributed by atoms with Crippen LogP contribution < -0.4 is 24.8 Å². The zero-order valence-electron chi connectivity index (χ0n) is 16.2. The first-order valence-corrected chi connectivity index (χ1v) is 14.5. The van der Waals surface area contributed by atoms with Crippen LogP contribution in [0.25, 0.3) is 21.5 Å². The van der Waals surface area contributed by atoms with Gasteiger partial charge in [-0.25, -0.2) is 0 Å². The van der Waals surface area contributed by atoms with Gasteiger partial charge < -0.3 is 24.8 Å². The van der Waals surface area contributed by atoms with Gasteiger partial charge in [-0.05, 0) is 0 Å². The third-order valence-corrected chi connectivity index (χ3v) is 11.1. The van der Waals surface area contributed by atoms with E-state index < -0.39 is 0 Å². The summed E-state index contributed by atoms with van der Waals surface area (Å²) in [5, 5.41) is 5.36. The molecule has 0 fully saturated rings. The van der Waals surface area contributed by atoms with Crippen molar-refractivity contribution >= 4 is 27.0 Å². The minimum atomic E-state index is 0. The number of aryl methyl sites for hydroxylation is 1. The summed E-state index contributed by atoms with van der Waals surface area (Å²) in [6.45, 7) is 6.72. The standard InChI is InChI=1S/C10H9.C9H7.C4H10Si.2ClH.Zr/c1-8-6-9-4-2-3-5-10(9)7-8;1-2-5-9-7-3-6-8(9)4-1;1-3-5-4-2;;;/h2-7H,1H3;1-7H;3-4H2,1-2H3;2*1H;/q2*-1;;;;+2/p-2. The fraction of sp³-hybridized carbons (Fsp3) is 0.217. The molecule has 4 aromatic rings. The Morgan fingerprint density at radius 2 is 1.37 bits per heavy atom. The molecule has 0 radical (unpaired) electrons. The number of fused-ring (bicyclic) bond motifs is 2. The van der Waals surface area contributed by atoms with Gasteiger partial charge in [0.05, 0.1) is 0 Å². The van der Waals surface area contributed by atoms with Crippen molar-refractivity contribution in [2.24, 2.45) is 0 Å². The molecule has 0 aliphatic carbocycles. The fourth-order valence-corrected chi connectivity index (χ4v) is 3.13. The molecule has 4 aromatic carbocycles. The Morgan fingerprint density at radius 1 is 0.815 bits per heavy atom. The molecule has 0 unspecified atom stereocenters. The van der Waals surface area contributed by atoms with Crippen molar-refractivity contribution in [1.29, 1.82) is 0 Å². The van der Waals surface area contributed by atoms with Crippen LogP contribution in [0.4, 0.5) is 0 Å². The van der Waals surface area contributed by atoms with Crippen LogP contribution in [-0.2, 0) is 23.3 Å². The predicted molar refractivity (Wildman–Crippen MR) is 111 cm³/mol. The second-order valence-corrected chi connectivity index (χ2v) is 14.0. The molecule has 142 valence electrons. The van der Waals surface area contributed by atoms with Crippen LogP contribution in [0.5, 0.6) is 0 Å². The molecule has 0 aliphatic rings. The molecule has 0 N–H and O–H groups in total. The zero-order chi connectivity index (χ0) is 18.1. The van der Waals surface area contributed by atoms with Gasteiger partial charge in [-0.2, -0.15) is 23.6 Å². The summed E-state index contributed by atoms with van der Waals surface area (Å²) in [7, 11) is 0. The maximum absolute atomic E-state index is 2.30. The molecule has 0 atom stereocenters. The van der Waals surface area contributed by atoms with Gasteiger partial charge in [0.15, 0.2) is 0 Å². The third-order valence-electron chi connectivity index (χ3n) is 4.16. The third kappa shape index (κ3) is 8.92. The van der Waals surface area contributed by atoms with Gasteiger partial charge in [0, 0.05) is 0 Å². The first-order valence-electron chi connectivity index (χ1n) is 8.92. The quantitative estimate of drug-likeness (QED) is 0.289. The predicted octanol–water partition coefficient (Wildman–Crippen LogP) is 0.998. The number of hydrogen-bond acceptors (Lipinski definition) is 0. The van der Waals surface area contributed by atoms with Gasteiger partial charge >= 0.3 is 54.7 Å². The molecule has 27 heavy (non-hydrogen) atoms. The number of benzene rings is 2. The minimum Gasteiger partial charge on any atom is -1.00 e. The Labute approximate surface area is 191 Å². The Hall–Kier alpha value is -0.660. The average Bonchev–Trinajstić information content (AvgIpc) is 3.27. The van der Waals surface area contributed by atoms with Crippen LogP contribution in [0.3, 0.4) is 0 Å². The number of rotatable bonds is 2. The molecular formula is C23H26Cl2SiZr-2. The summed E-state index contributed by atoms with van der Waals surface area (Å²) in [6.07, 6.45) is 0. The Morgan fingerprint density at radius 3 is 1.89 bits per heavy atom. The largest absolute Gasteiger partial charge is 1.00 e. The van der Waals surface area contributed by atoms with Crippen molar-refractivity contribution in [3.63, 3.8) is 0 Å². The number of halogens is 2. The summed E-state index contributed by atoms with van der Waals surface area (Å²) in [5.74, 6) is 0. The molecule has 0 saturated heterocycles. The van der Waals surface area contributed by atoms with Gasteiger partial charge in [-0.15, -0.1) is 70.3 Å². The van der Waals surface area contributed by atoms with E-state index >= 15 is 0 Å². The molecule has 0 spiro atoms. The fourth-order valence-electron chi connectivity index (χ4n) is 2.63. The SMILES string of the molecule is CC[Si](=[Zr+2])CC.Cc1cc2ccccc2[cH-]1.[Cl-].[Cl-].c1ccc2[cH-]ccc2c1. The molecule has 0 nitrogen and oxygen atoms in total. The van der Waals surface area contributed by atoms with Crippen LogP contribution in [-0.4, -0.2) is 5.43 Å². The topological polar surface area (TPSA) is 0 Å². The van der Waals surface area contributed by atoms with Crippen molar-refractivity contribution in [3.8, 4) is 0 Å². The number of hydrogen-bond donors (Lipinski definition) is 0. The van der Waals surface area contributed by atoms with E-state index in [4.69, 9.17) is 0 Å². The van der Waals surface area contributed by atoms with Gasteiger partial charge in [0.2, 0.25) is 0 Å². The van der Waals surface area contributed by atoms with Crippen LogP contribution in [0, 0.1) is 6.92 Å². The summed E-state index contributed by atoms with van der Waals surface area (Å²) in [6, 6.07) is 30.4. The second-order valence-electron chi connectivity index (χ2n) is 6.13. The maximum Gasteiger partial charge on any atom is -0.0579 e. The summed E-state index contributed by atoms with van der Waals surface area (Å²) in [4.78, 5) is 0. The summed E-state index contributed by atoms with van der Waals surface area (Å²) in [5.41, 5.74) is 1.57. The van der Waals surface area contributed by atoms with Crippen LogP contribution in [0.15, 0.2) is 78.9 Å². The van der Waals surface area contributed by atoms with Gasteiger partial charge in [0.1, 0.15) is 0 Å². The maximum atomic E-state index is 2.30. The molecule has 0 heterocycles. The van der Waals surface area contributed by atoms with Crippen molar-refractivity contribution in [1.82, 2.24) is 0 Å². The smallest absolute Gasteiger partial charge is 0.0579 e. The molecule has 0 saturated carbocycles. The summed E-state index contributed by atoms with van der Waals surface area (Å²) < 4.78 is 0. The van der Waals surface area contributed by atoms with Crippen molar-refractivity contribution < 1.29 is 48.1 Å². The van der Waals surface area contributed by atoms with Crippen molar-refractivity contribution in [2.45, 2.75) is 32.9 Å². The van der Waals surface area contributed by atoms with Crippen molar-refractivity contribution in [3.05, 3.63) is 84.4 Å². The van der Waals surface area contributed by atoms with E-state index in [2.05, 4.69) is 99.6 Å². The molecule has 0 bridgehead atoms. The van der Waals surface area contributed by atoms with E-state index in [1.54, 1.807) is 23.3 Å². The van der Waals surface area contributed by atoms with Crippen LogP contribution in [0.1, 0.15) is 19.4 Å². The monoisotopic (exact) mass is 490 g/mol. The Bertz CT molecular complexity index is 855. The molecule has 0 aliphatic heterocycles. The van der Waals surface area contributed by atoms with E-state index in [0.29, 0.717) is 0 Å². The molecule has 0 amide bonds. The van der Waals surface area contributed by atoms with Crippen LogP contribution >= 0.6 is 0 Å². The van der Waals surface area contributed by atoms with Gasteiger partial charge in [-0.3, -0.25) is 0 Å². The normalized spacial score (nSPS) is 9.22. The molecule has 4 rings (SSSR count). The molecule has 0 aromatic heterocycles. The zero-order valence-corrected chi connectivity index (χ0v) is 21.1. The van der Waals surface area contributed by atoms with Crippen molar-refractivity contribution in [2.75, 3.05) is 0 Å². The van der Waals surface area contributed by atoms with E-state index in [1.807, 2.05) is 0 Å². The first kappa shape index (κ1) is 26.3. The van der Waals surface area contributed by atoms with E-state index in [-0.39, 0.29) is 30.2 Å². The minimum absolute atomic E-state index is 0. The van der Waals surface area contributed by atoms with Gasteiger partial charge in [0.25, 0.3) is 0 Å². The van der Waals surface area contributed by atoms with E-state index in [1.165, 1.54) is 39.2 Å². The van der Waals surface area contributed by atoms with Crippen LogP contribution in [0.2, 0.25) is 12.1 Å². The average molecular weight is 493 g/mol. The molecule has 4 heteroatoms. The first-order chi connectivity index (χ1) is 12.1. The molecular weight excluding hydrogens is 466 g/mol. The Balaban J connectivity index is 0.000000375. The second kappa shape index (κ2) is 14.4. The van der Waals surface area contributed by atoms with E-state index in [9.17, 15) is 0 Å². The van der Waals surface area contributed by atoms with Gasteiger partial charge in [-0.1, -0.05) is 19.1 Å².